The van der Waals surface area contributed by atoms with Gasteiger partial charge in [-0.25, -0.2) is 4.79 Å². The van der Waals surface area contributed by atoms with Crippen molar-refractivity contribution in [2.45, 2.75) is 19.8 Å². The molecule has 0 saturated heterocycles. The molecule has 1 aromatic rings. The maximum absolute atomic E-state index is 11.3. The standard InChI is InChI=1S/C9H13NO2S/c1-3-4-6-5-13-8(10)7(6)9(11)12-2/h5H,3-4,10H2,1-2H3. The van der Waals surface area contributed by atoms with E-state index in [1.54, 1.807) is 0 Å². The minimum atomic E-state index is -0.331. The highest BCUT2D eigenvalue weighted by molar-refractivity contribution is 7.14. The SMILES string of the molecule is CCCc1csc(N)c1C(=O)OC. The molecule has 2 N–H and O–H groups in total. The van der Waals surface area contributed by atoms with E-state index in [0.717, 1.165) is 18.4 Å². The lowest BCUT2D eigenvalue weighted by Crippen LogP contribution is -2.05. The maximum Gasteiger partial charge on any atom is 0.341 e. The molecule has 3 nitrogen and oxygen atoms in total. The lowest BCUT2D eigenvalue weighted by atomic mass is 10.1. The average molecular weight is 199 g/mol. The number of thiophene rings is 1. The molecule has 0 aromatic carbocycles. The molecule has 1 heterocycles. The molecule has 13 heavy (non-hydrogen) atoms. The number of rotatable bonds is 3. The average Bonchev–Trinajstić information content (AvgIpc) is 2.47. The van der Waals surface area contributed by atoms with Gasteiger partial charge in [0, 0.05) is 0 Å². The molecule has 72 valence electrons. The molecule has 1 aromatic heterocycles. The number of ether oxygens (including phenoxy) is 1. The van der Waals surface area contributed by atoms with Gasteiger partial charge in [0.25, 0.3) is 0 Å². The maximum atomic E-state index is 11.3. The number of nitrogens with two attached hydrogens (primary N) is 1. The van der Waals surface area contributed by atoms with Gasteiger partial charge in [-0.2, -0.15) is 0 Å². The third kappa shape index (κ3) is 2.01. The number of carbonyl (C=O) groups is 1. The lowest BCUT2D eigenvalue weighted by molar-refractivity contribution is 0.0601. The van der Waals surface area contributed by atoms with Crippen LogP contribution in [0, 0.1) is 0 Å². The Morgan fingerprint density at radius 2 is 2.38 bits per heavy atom. The molecule has 0 atom stereocenters. The third-order valence-corrected chi connectivity index (χ3v) is 2.66. The first-order chi connectivity index (χ1) is 6.20. The van der Waals surface area contributed by atoms with Gasteiger partial charge in [-0.3, -0.25) is 0 Å². The lowest BCUT2D eigenvalue weighted by Gasteiger charge is -2.01. The van der Waals surface area contributed by atoms with E-state index in [2.05, 4.69) is 11.7 Å². The molecule has 1 rings (SSSR count). The summed E-state index contributed by atoms with van der Waals surface area (Å²) in [6, 6.07) is 0. The van der Waals surface area contributed by atoms with E-state index >= 15 is 0 Å². The van der Waals surface area contributed by atoms with Crippen LogP contribution in [0.1, 0.15) is 29.3 Å². The summed E-state index contributed by atoms with van der Waals surface area (Å²) in [5, 5.41) is 2.47. The highest BCUT2D eigenvalue weighted by atomic mass is 32.1. The zero-order valence-corrected chi connectivity index (χ0v) is 8.61. The van der Waals surface area contributed by atoms with E-state index in [0.29, 0.717) is 10.6 Å². The van der Waals surface area contributed by atoms with Crippen molar-refractivity contribution in [2.24, 2.45) is 0 Å². The van der Waals surface area contributed by atoms with Gasteiger partial charge in [-0.1, -0.05) is 13.3 Å². The Morgan fingerprint density at radius 3 is 2.92 bits per heavy atom. The number of hydrogen-bond acceptors (Lipinski definition) is 4. The monoisotopic (exact) mass is 199 g/mol. The summed E-state index contributed by atoms with van der Waals surface area (Å²) in [5.74, 6) is -0.331. The zero-order chi connectivity index (χ0) is 9.84. The van der Waals surface area contributed by atoms with Crippen LogP contribution in [-0.2, 0) is 11.2 Å². The topological polar surface area (TPSA) is 52.3 Å². The largest absolute Gasteiger partial charge is 0.465 e. The minimum Gasteiger partial charge on any atom is -0.465 e. The van der Waals surface area contributed by atoms with E-state index in [9.17, 15) is 4.79 Å². The zero-order valence-electron chi connectivity index (χ0n) is 7.79. The van der Waals surface area contributed by atoms with Crippen molar-refractivity contribution in [2.75, 3.05) is 12.8 Å². The fourth-order valence-corrected chi connectivity index (χ4v) is 2.03. The van der Waals surface area contributed by atoms with Crippen LogP contribution in [-0.4, -0.2) is 13.1 Å². The molecule has 0 fully saturated rings. The Morgan fingerprint density at radius 1 is 1.69 bits per heavy atom. The van der Waals surface area contributed by atoms with Crippen LogP contribution in [0.3, 0.4) is 0 Å². The molecular weight excluding hydrogens is 186 g/mol. The quantitative estimate of drug-likeness (QED) is 0.758. The van der Waals surface area contributed by atoms with Gasteiger partial charge in [0.15, 0.2) is 0 Å². The van der Waals surface area contributed by atoms with Crippen LogP contribution < -0.4 is 5.73 Å². The Labute approximate surface area is 81.5 Å². The van der Waals surface area contributed by atoms with Gasteiger partial charge in [0.05, 0.1) is 12.7 Å². The van der Waals surface area contributed by atoms with Crippen molar-refractivity contribution in [3.8, 4) is 0 Å². The molecule has 0 radical (unpaired) electrons. The summed E-state index contributed by atoms with van der Waals surface area (Å²) in [4.78, 5) is 11.3. The third-order valence-electron chi connectivity index (χ3n) is 1.80. The van der Waals surface area contributed by atoms with Gasteiger partial charge in [0.1, 0.15) is 5.00 Å². The van der Waals surface area contributed by atoms with Gasteiger partial charge in [0.2, 0.25) is 0 Å². The summed E-state index contributed by atoms with van der Waals surface area (Å²) in [6.07, 6.45) is 1.87. The highest BCUT2D eigenvalue weighted by Gasteiger charge is 2.16. The second-order valence-corrected chi connectivity index (χ2v) is 3.65. The number of nitrogen functional groups attached to an aromatic ring is 1. The fourth-order valence-electron chi connectivity index (χ4n) is 1.20. The summed E-state index contributed by atoms with van der Waals surface area (Å²) in [5.41, 5.74) is 7.21. The van der Waals surface area contributed by atoms with Crippen LogP contribution >= 0.6 is 11.3 Å². The number of carbonyl (C=O) groups excluding carboxylic acids is 1. The highest BCUT2D eigenvalue weighted by Crippen LogP contribution is 2.26. The van der Waals surface area contributed by atoms with Gasteiger partial charge in [-0.15, -0.1) is 11.3 Å². The van der Waals surface area contributed by atoms with Gasteiger partial charge < -0.3 is 10.5 Å². The Hall–Kier alpha value is -1.03. The summed E-state index contributed by atoms with van der Waals surface area (Å²) < 4.78 is 4.65. The second kappa shape index (κ2) is 4.28. The predicted molar refractivity (Wildman–Crippen MR) is 54.1 cm³/mol. The molecule has 0 amide bonds. The minimum absolute atomic E-state index is 0.331. The van der Waals surface area contributed by atoms with Gasteiger partial charge >= 0.3 is 5.97 Å². The number of hydrogen-bond donors (Lipinski definition) is 1. The number of aryl methyl sites for hydroxylation is 1. The fraction of sp³-hybridized carbons (Fsp3) is 0.444. The Bertz CT molecular complexity index is 307. The van der Waals surface area contributed by atoms with E-state index in [1.165, 1.54) is 18.4 Å². The van der Waals surface area contributed by atoms with Crippen LogP contribution in [0.4, 0.5) is 5.00 Å². The molecule has 0 bridgehead atoms. The smallest absolute Gasteiger partial charge is 0.341 e. The number of methoxy groups -OCH3 is 1. The van der Waals surface area contributed by atoms with Crippen molar-refractivity contribution in [3.63, 3.8) is 0 Å². The van der Waals surface area contributed by atoms with E-state index in [-0.39, 0.29) is 5.97 Å². The first-order valence-corrected chi connectivity index (χ1v) is 5.02. The van der Waals surface area contributed by atoms with Crippen molar-refractivity contribution in [1.82, 2.24) is 0 Å². The van der Waals surface area contributed by atoms with Crippen LogP contribution in [0.15, 0.2) is 5.38 Å². The molecule has 0 unspecified atom stereocenters. The van der Waals surface area contributed by atoms with E-state index < -0.39 is 0 Å². The van der Waals surface area contributed by atoms with Crippen molar-refractivity contribution < 1.29 is 9.53 Å². The van der Waals surface area contributed by atoms with Gasteiger partial charge in [-0.05, 0) is 17.4 Å². The first-order valence-electron chi connectivity index (χ1n) is 4.14. The Kier molecular flexibility index (Phi) is 3.31. The molecule has 0 aliphatic heterocycles. The van der Waals surface area contributed by atoms with Crippen LogP contribution in [0.25, 0.3) is 0 Å². The molecule has 4 heteroatoms. The molecular formula is C9H13NO2S. The van der Waals surface area contributed by atoms with E-state index in [1.807, 2.05) is 5.38 Å². The first kappa shape index (κ1) is 10.1. The molecule has 0 spiro atoms. The molecule has 0 aliphatic carbocycles. The predicted octanol–water partition coefficient (Wildman–Crippen LogP) is 2.07. The normalized spacial score (nSPS) is 10.0. The van der Waals surface area contributed by atoms with Crippen molar-refractivity contribution in [3.05, 3.63) is 16.5 Å². The number of esters is 1. The summed E-state index contributed by atoms with van der Waals surface area (Å²) >= 11 is 1.39. The van der Waals surface area contributed by atoms with Crippen molar-refractivity contribution in [1.29, 1.82) is 0 Å². The second-order valence-electron chi connectivity index (χ2n) is 2.74. The van der Waals surface area contributed by atoms with Crippen LogP contribution in [0.5, 0.6) is 0 Å². The number of anilines is 1. The molecule has 0 saturated carbocycles. The van der Waals surface area contributed by atoms with Crippen LogP contribution in [0.2, 0.25) is 0 Å². The molecule has 0 aliphatic rings. The van der Waals surface area contributed by atoms with E-state index in [4.69, 9.17) is 5.73 Å². The summed E-state index contributed by atoms with van der Waals surface area (Å²) in [7, 11) is 1.37. The Balaban J connectivity index is 3.01. The summed E-state index contributed by atoms with van der Waals surface area (Å²) in [6.45, 7) is 2.06. The van der Waals surface area contributed by atoms with Crippen molar-refractivity contribution >= 4 is 22.3 Å².